The van der Waals surface area contributed by atoms with E-state index in [1.807, 2.05) is 25.5 Å². The van der Waals surface area contributed by atoms with E-state index in [9.17, 15) is 0 Å². The minimum atomic E-state index is -0.555. The van der Waals surface area contributed by atoms with Crippen molar-refractivity contribution >= 4 is 0 Å². The van der Waals surface area contributed by atoms with Crippen molar-refractivity contribution in [2.24, 2.45) is 12.8 Å². The molecule has 0 aliphatic heterocycles. The van der Waals surface area contributed by atoms with Crippen molar-refractivity contribution in [1.29, 1.82) is 0 Å². The van der Waals surface area contributed by atoms with E-state index in [0.717, 1.165) is 12.1 Å². The van der Waals surface area contributed by atoms with Crippen LogP contribution in [0.3, 0.4) is 0 Å². The summed E-state index contributed by atoms with van der Waals surface area (Å²) in [5.41, 5.74) is 6.26. The molecule has 6 nitrogen and oxygen atoms in total. The number of hydrogen-bond donors (Lipinski definition) is 1. The van der Waals surface area contributed by atoms with E-state index < -0.39 is 5.54 Å². The number of hydrogen-bond acceptors (Lipinski definition) is 5. The first-order chi connectivity index (χ1) is 7.54. The Hall–Kier alpha value is -1.69. The third-order valence-corrected chi connectivity index (χ3v) is 2.71. The number of imidazole rings is 1. The average Bonchev–Trinajstić information content (AvgIpc) is 2.85. The molecule has 2 aromatic heterocycles. The molecule has 2 heterocycles. The van der Waals surface area contributed by atoms with Crippen LogP contribution in [0, 0.1) is 0 Å². The lowest BCUT2D eigenvalue weighted by Gasteiger charge is -2.16. The summed E-state index contributed by atoms with van der Waals surface area (Å²) in [7, 11) is 1.87. The van der Waals surface area contributed by atoms with E-state index in [-0.39, 0.29) is 0 Å². The van der Waals surface area contributed by atoms with Crippen LogP contribution in [0.5, 0.6) is 0 Å². The predicted octanol–water partition coefficient (Wildman–Crippen LogP) is 1.05. The second-order valence-corrected chi connectivity index (χ2v) is 4.08. The van der Waals surface area contributed by atoms with Gasteiger partial charge in [-0.25, -0.2) is 4.98 Å². The summed E-state index contributed by atoms with van der Waals surface area (Å²) in [4.78, 5) is 8.29. The lowest BCUT2D eigenvalue weighted by molar-refractivity contribution is 0.378. The predicted molar refractivity (Wildman–Crippen MR) is 58.3 cm³/mol. The molecule has 0 amide bonds. The maximum absolute atomic E-state index is 6.03. The topological polar surface area (TPSA) is 82.8 Å². The van der Waals surface area contributed by atoms with Crippen LogP contribution in [0.2, 0.25) is 0 Å². The van der Waals surface area contributed by atoms with E-state index in [4.69, 9.17) is 10.3 Å². The highest BCUT2D eigenvalue weighted by Gasteiger charge is 2.26. The maximum Gasteiger partial charge on any atom is 0.276 e. The summed E-state index contributed by atoms with van der Waals surface area (Å²) in [6, 6.07) is 0. The SMILES string of the molecule is CCC(C)(N)c1noc(-c2cncn2C)n1. The zero-order valence-electron chi connectivity index (χ0n) is 9.64. The van der Waals surface area contributed by atoms with Gasteiger partial charge < -0.3 is 14.8 Å². The summed E-state index contributed by atoms with van der Waals surface area (Å²) in [5.74, 6) is 0.964. The number of nitrogens with two attached hydrogens (primary N) is 1. The Morgan fingerprint density at radius 2 is 2.31 bits per heavy atom. The number of nitrogens with zero attached hydrogens (tertiary/aromatic N) is 4. The average molecular weight is 221 g/mol. The fourth-order valence-corrected chi connectivity index (χ4v) is 1.28. The van der Waals surface area contributed by atoms with Crippen LogP contribution < -0.4 is 5.73 Å². The highest BCUT2D eigenvalue weighted by Crippen LogP contribution is 2.22. The molecule has 0 bridgehead atoms. The van der Waals surface area contributed by atoms with Gasteiger partial charge in [0.1, 0.15) is 5.69 Å². The lowest BCUT2D eigenvalue weighted by Crippen LogP contribution is -2.33. The quantitative estimate of drug-likeness (QED) is 0.837. The monoisotopic (exact) mass is 221 g/mol. The standard InChI is InChI=1S/C10H15N5O/c1-4-10(2,11)9-13-8(16-14-9)7-5-12-6-15(7)3/h5-6H,4,11H2,1-3H3. The van der Waals surface area contributed by atoms with Crippen molar-refractivity contribution in [3.8, 4) is 11.6 Å². The first kappa shape index (κ1) is 10.8. The molecular weight excluding hydrogens is 206 g/mol. The zero-order valence-corrected chi connectivity index (χ0v) is 9.64. The summed E-state index contributed by atoms with van der Waals surface area (Å²) in [6.07, 6.45) is 4.11. The van der Waals surface area contributed by atoms with Crippen LogP contribution in [0.15, 0.2) is 17.0 Å². The van der Waals surface area contributed by atoms with Gasteiger partial charge in [-0.2, -0.15) is 4.98 Å². The Morgan fingerprint density at radius 3 is 2.88 bits per heavy atom. The van der Waals surface area contributed by atoms with Gasteiger partial charge in [-0.1, -0.05) is 12.1 Å². The van der Waals surface area contributed by atoms with Gasteiger partial charge >= 0.3 is 0 Å². The smallest absolute Gasteiger partial charge is 0.276 e. The van der Waals surface area contributed by atoms with Crippen molar-refractivity contribution in [3.05, 3.63) is 18.3 Å². The minimum absolute atomic E-state index is 0.445. The maximum atomic E-state index is 6.03. The van der Waals surface area contributed by atoms with Crippen molar-refractivity contribution in [2.75, 3.05) is 0 Å². The zero-order chi connectivity index (χ0) is 11.8. The molecule has 16 heavy (non-hydrogen) atoms. The molecule has 0 saturated carbocycles. The second kappa shape index (κ2) is 3.71. The molecule has 2 rings (SSSR count). The third-order valence-electron chi connectivity index (χ3n) is 2.71. The highest BCUT2D eigenvalue weighted by molar-refractivity contribution is 5.45. The Bertz CT molecular complexity index is 485. The van der Waals surface area contributed by atoms with E-state index in [0.29, 0.717) is 11.7 Å². The van der Waals surface area contributed by atoms with Gasteiger partial charge in [0.15, 0.2) is 5.82 Å². The second-order valence-electron chi connectivity index (χ2n) is 4.08. The van der Waals surface area contributed by atoms with Gasteiger partial charge in [-0.05, 0) is 13.3 Å². The van der Waals surface area contributed by atoms with Gasteiger partial charge in [-0.3, -0.25) is 0 Å². The minimum Gasteiger partial charge on any atom is -0.332 e. The Morgan fingerprint density at radius 1 is 1.56 bits per heavy atom. The van der Waals surface area contributed by atoms with Crippen LogP contribution in [0.25, 0.3) is 11.6 Å². The summed E-state index contributed by atoms with van der Waals surface area (Å²) in [6.45, 7) is 3.87. The number of rotatable bonds is 3. The molecule has 2 aromatic rings. The number of aromatic nitrogens is 4. The Balaban J connectivity index is 2.37. The van der Waals surface area contributed by atoms with Gasteiger partial charge in [-0.15, -0.1) is 0 Å². The Labute approximate surface area is 93.5 Å². The third kappa shape index (κ3) is 1.71. The lowest BCUT2D eigenvalue weighted by atomic mass is 10.0. The highest BCUT2D eigenvalue weighted by atomic mass is 16.5. The molecule has 1 unspecified atom stereocenters. The van der Waals surface area contributed by atoms with E-state index >= 15 is 0 Å². The molecule has 86 valence electrons. The van der Waals surface area contributed by atoms with Gasteiger partial charge in [0.2, 0.25) is 0 Å². The fourth-order valence-electron chi connectivity index (χ4n) is 1.28. The first-order valence-corrected chi connectivity index (χ1v) is 5.14. The summed E-state index contributed by atoms with van der Waals surface area (Å²) in [5, 5.41) is 3.90. The summed E-state index contributed by atoms with van der Waals surface area (Å²) < 4.78 is 6.99. The molecule has 6 heteroatoms. The van der Waals surface area contributed by atoms with Crippen LogP contribution in [0.4, 0.5) is 0 Å². The van der Waals surface area contributed by atoms with E-state index in [1.54, 1.807) is 12.5 Å². The van der Waals surface area contributed by atoms with E-state index in [1.165, 1.54) is 0 Å². The van der Waals surface area contributed by atoms with Gasteiger partial charge in [0.25, 0.3) is 5.89 Å². The van der Waals surface area contributed by atoms with Crippen LogP contribution in [-0.4, -0.2) is 19.7 Å². The normalized spacial score (nSPS) is 15.0. The molecule has 0 saturated heterocycles. The first-order valence-electron chi connectivity index (χ1n) is 5.14. The molecule has 2 N–H and O–H groups in total. The number of aryl methyl sites for hydroxylation is 1. The molecular formula is C10H15N5O. The van der Waals surface area contributed by atoms with Gasteiger partial charge in [0, 0.05) is 7.05 Å². The summed E-state index contributed by atoms with van der Waals surface area (Å²) >= 11 is 0. The van der Waals surface area contributed by atoms with Crippen LogP contribution in [-0.2, 0) is 12.6 Å². The van der Waals surface area contributed by atoms with Crippen LogP contribution in [0.1, 0.15) is 26.1 Å². The largest absolute Gasteiger partial charge is 0.332 e. The molecule has 0 aliphatic carbocycles. The van der Waals surface area contributed by atoms with Gasteiger partial charge in [0.05, 0.1) is 18.1 Å². The van der Waals surface area contributed by atoms with Crippen LogP contribution >= 0.6 is 0 Å². The molecule has 0 spiro atoms. The fraction of sp³-hybridized carbons (Fsp3) is 0.500. The van der Waals surface area contributed by atoms with E-state index in [2.05, 4.69) is 15.1 Å². The molecule has 0 aromatic carbocycles. The molecule has 0 fully saturated rings. The van der Waals surface area contributed by atoms with Crippen molar-refractivity contribution in [1.82, 2.24) is 19.7 Å². The van der Waals surface area contributed by atoms with Crippen molar-refractivity contribution < 1.29 is 4.52 Å². The molecule has 0 radical (unpaired) electrons. The Kier molecular flexibility index (Phi) is 2.51. The van der Waals surface area contributed by atoms with Crippen molar-refractivity contribution in [3.63, 3.8) is 0 Å². The molecule has 1 atom stereocenters. The molecule has 0 aliphatic rings. The van der Waals surface area contributed by atoms with Crippen molar-refractivity contribution in [2.45, 2.75) is 25.8 Å².